The first-order valence-corrected chi connectivity index (χ1v) is 5.19. The fraction of sp³-hybridized carbons (Fsp3) is 0.214. The minimum atomic E-state index is -0.402. The Hall–Kier alpha value is -1.83. The van der Waals surface area contributed by atoms with Crippen molar-refractivity contribution in [3.05, 3.63) is 54.1 Å². The molecule has 0 bridgehead atoms. The maximum absolute atomic E-state index is 10.9. The molecule has 0 aliphatic heterocycles. The molecule has 2 nitrogen and oxygen atoms in total. The fourth-order valence-electron chi connectivity index (χ4n) is 1.19. The van der Waals surface area contributed by atoms with Crippen LogP contribution in [0.2, 0.25) is 0 Å². The van der Waals surface area contributed by atoms with Gasteiger partial charge in [0, 0.05) is 6.08 Å². The van der Waals surface area contributed by atoms with Gasteiger partial charge < -0.3 is 4.74 Å². The van der Waals surface area contributed by atoms with E-state index in [4.69, 9.17) is 4.74 Å². The van der Waals surface area contributed by atoms with Gasteiger partial charge in [0.15, 0.2) is 0 Å². The molecular formula is C14H16O2. The largest absolute Gasteiger partial charge is 0.455 e. The highest BCUT2D eigenvalue weighted by atomic mass is 16.5. The third kappa shape index (κ3) is 4.13. The molecule has 1 rings (SSSR count). The summed E-state index contributed by atoms with van der Waals surface area (Å²) in [7, 11) is 0. The second-order valence-electron chi connectivity index (χ2n) is 3.62. The van der Waals surface area contributed by atoms with Crippen LogP contribution in [0.25, 0.3) is 6.08 Å². The summed E-state index contributed by atoms with van der Waals surface area (Å²) in [5.74, 6) is -0.402. The van der Waals surface area contributed by atoms with Crippen LogP contribution < -0.4 is 0 Å². The van der Waals surface area contributed by atoms with E-state index in [-0.39, 0.29) is 6.10 Å². The lowest BCUT2D eigenvalue weighted by Crippen LogP contribution is -2.09. The van der Waals surface area contributed by atoms with Crippen molar-refractivity contribution in [2.45, 2.75) is 20.0 Å². The number of aryl methyl sites for hydroxylation is 1. The third-order valence-corrected chi connectivity index (χ3v) is 2.11. The fourth-order valence-corrected chi connectivity index (χ4v) is 1.19. The number of ether oxygens (including phenoxy) is 1. The molecule has 1 aromatic rings. The predicted molar refractivity (Wildman–Crippen MR) is 66.0 cm³/mol. The second-order valence-corrected chi connectivity index (χ2v) is 3.62. The van der Waals surface area contributed by atoms with Crippen LogP contribution in [0.5, 0.6) is 0 Å². The van der Waals surface area contributed by atoms with E-state index in [1.54, 1.807) is 0 Å². The minimum absolute atomic E-state index is 0.244. The van der Waals surface area contributed by atoms with Crippen LogP contribution in [0.15, 0.2) is 43.0 Å². The molecule has 1 aromatic carbocycles. The Labute approximate surface area is 96.2 Å². The Morgan fingerprint density at radius 2 is 2.00 bits per heavy atom. The molecule has 1 atom stereocenters. The molecule has 0 aliphatic rings. The standard InChI is InChI=1S/C14H16O2/c1-4-14(15)16-12(3)7-10-13-8-5-11(2)6-9-13/h4-10,12H,1H2,2-3H3/b10-7+/t12-/m1/s1. The van der Waals surface area contributed by atoms with E-state index in [1.165, 1.54) is 5.56 Å². The van der Waals surface area contributed by atoms with Crippen LogP contribution >= 0.6 is 0 Å². The molecule has 0 spiro atoms. The van der Waals surface area contributed by atoms with Crippen molar-refractivity contribution in [2.24, 2.45) is 0 Å². The first-order valence-electron chi connectivity index (χ1n) is 5.19. The Bertz CT molecular complexity index is 388. The lowest BCUT2D eigenvalue weighted by Gasteiger charge is -2.06. The summed E-state index contributed by atoms with van der Waals surface area (Å²) in [4.78, 5) is 10.9. The van der Waals surface area contributed by atoms with E-state index >= 15 is 0 Å². The molecule has 0 radical (unpaired) electrons. The molecule has 84 valence electrons. The lowest BCUT2D eigenvalue weighted by atomic mass is 10.1. The van der Waals surface area contributed by atoms with E-state index in [0.29, 0.717) is 0 Å². The van der Waals surface area contributed by atoms with Crippen molar-refractivity contribution >= 4 is 12.0 Å². The molecule has 0 amide bonds. The van der Waals surface area contributed by atoms with Crippen LogP contribution in [0, 0.1) is 6.92 Å². The van der Waals surface area contributed by atoms with Gasteiger partial charge in [0.05, 0.1) is 0 Å². The van der Waals surface area contributed by atoms with Crippen LogP contribution in [0.1, 0.15) is 18.1 Å². The van der Waals surface area contributed by atoms with E-state index in [2.05, 4.69) is 6.58 Å². The van der Waals surface area contributed by atoms with Gasteiger partial charge in [0.2, 0.25) is 0 Å². The zero-order valence-corrected chi connectivity index (χ0v) is 9.64. The molecule has 0 aliphatic carbocycles. The third-order valence-electron chi connectivity index (χ3n) is 2.11. The molecule has 0 unspecified atom stereocenters. The zero-order valence-electron chi connectivity index (χ0n) is 9.64. The maximum atomic E-state index is 10.9. The summed E-state index contributed by atoms with van der Waals surface area (Å²) in [6, 6.07) is 8.13. The van der Waals surface area contributed by atoms with Gasteiger partial charge >= 0.3 is 5.97 Å². The van der Waals surface area contributed by atoms with Gasteiger partial charge in [-0.05, 0) is 25.5 Å². The lowest BCUT2D eigenvalue weighted by molar-refractivity contribution is -0.140. The van der Waals surface area contributed by atoms with E-state index in [9.17, 15) is 4.79 Å². The number of benzene rings is 1. The highest BCUT2D eigenvalue weighted by molar-refractivity contribution is 5.81. The summed E-state index contributed by atoms with van der Waals surface area (Å²) in [5, 5.41) is 0. The van der Waals surface area contributed by atoms with Crippen molar-refractivity contribution in [1.29, 1.82) is 0 Å². The second kappa shape index (κ2) is 5.91. The Morgan fingerprint density at radius 1 is 1.38 bits per heavy atom. The molecule has 0 aromatic heterocycles. The summed E-state index contributed by atoms with van der Waals surface area (Å²) in [5.41, 5.74) is 2.32. The molecule has 0 N–H and O–H groups in total. The van der Waals surface area contributed by atoms with Crippen LogP contribution in [-0.2, 0) is 9.53 Å². The Balaban J connectivity index is 2.56. The van der Waals surface area contributed by atoms with Gasteiger partial charge in [-0.2, -0.15) is 0 Å². The smallest absolute Gasteiger partial charge is 0.330 e. The molecule has 2 heteroatoms. The monoisotopic (exact) mass is 216 g/mol. The highest BCUT2D eigenvalue weighted by Gasteiger charge is 2.01. The van der Waals surface area contributed by atoms with Crippen molar-refractivity contribution in [3.63, 3.8) is 0 Å². The van der Waals surface area contributed by atoms with Gasteiger partial charge in [0.1, 0.15) is 6.10 Å². The summed E-state index contributed by atoms with van der Waals surface area (Å²) in [6.45, 7) is 7.20. The Morgan fingerprint density at radius 3 is 2.56 bits per heavy atom. The molecule has 16 heavy (non-hydrogen) atoms. The Kier molecular flexibility index (Phi) is 4.52. The molecule has 0 fully saturated rings. The van der Waals surface area contributed by atoms with Gasteiger partial charge in [-0.3, -0.25) is 0 Å². The summed E-state index contributed by atoms with van der Waals surface area (Å²) in [6.07, 6.45) is 4.69. The zero-order chi connectivity index (χ0) is 12.0. The molecule has 0 heterocycles. The molecule has 0 saturated heterocycles. The van der Waals surface area contributed by atoms with Crippen molar-refractivity contribution in [3.8, 4) is 0 Å². The summed E-state index contributed by atoms with van der Waals surface area (Å²) < 4.78 is 5.00. The average Bonchev–Trinajstić information content (AvgIpc) is 2.28. The van der Waals surface area contributed by atoms with E-state index in [1.807, 2.05) is 50.3 Å². The summed E-state index contributed by atoms with van der Waals surface area (Å²) >= 11 is 0. The topological polar surface area (TPSA) is 26.3 Å². The van der Waals surface area contributed by atoms with Gasteiger partial charge in [-0.1, -0.05) is 42.5 Å². The normalized spacial score (nSPS) is 12.4. The predicted octanol–water partition coefficient (Wildman–Crippen LogP) is 3.13. The van der Waals surface area contributed by atoms with Gasteiger partial charge in [-0.25, -0.2) is 4.79 Å². The first-order chi connectivity index (χ1) is 7.61. The highest BCUT2D eigenvalue weighted by Crippen LogP contribution is 2.06. The number of rotatable bonds is 4. The quantitative estimate of drug-likeness (QED) is 0.571. The molecular weight excluding hydrogens is 200 g/mol. The number of esters is 1. The average molecular weight is 216 g/mol. The van der Waals surface area contributed by atoms with Crippen LogP contribution in [0.4, 0.5) is 0 Å². The first kappa shape index (κ1) is 12.2. The van der Waals surface area contributed by atoms with Gasteiger partial charge in [0.25, 0.3) is 0 Å². The maximum Gasteiger partial charge on any atom is 0.330 e. The van der Waals surface area contributed by atoms with Crippen molar-refractivity contribution in [1.82, 2.24) is 0 Å². The van der Waals surface area contributed by atoms with Crippen LogP contribution in [-0.4, -0.2) is 12.1 Å². The number of hydrogen-bond acceptors (Lipinski definition) is 2. The van der Waals surface area contributed by atoms with Crippen molar-refractivity contribution < 1.29 is 9.53 Å². The SMILES string of the molecule is C=CC(=O)O[C@H](C)/C=C/c1ccc(C)cc1. The van der Waals surface area contributed by atoms with E-state index in [0.717, 1.165) is 11.6 Å². The van der Waals surface area contributed by atoms with E-state index < -0.39 is 5.97 Å². The van der Waals surface area contributed by atoms with Crippen molar-refractivity contribution in [2.75, 3.05) is 0 Å². The number of carbonyl (C=O) groups is 1. The number of carbonyl (C=O) groups excluding carboxylic acids is 1. The number of hydrogen-bond donors (Lipinski definition) is 0. The van der Waals surface area contributed by atoms with Gasteiger partial charge in [-0.15, -0.1) is 0 Å². The molecule has 0 saturated carbocycles. The van der Waals surface area contributed by atoms with Crippen LogP contribution in [0.3, 0.4) is 0 Å². The minimum Gasteiger partial charge on any atom is -0.455 e.